The number of hydrogen-bond acceptors (Lipinski definition) is 4. The summed E-state index contributed by atoms with van der Waals surface area (Å²) in [6, 6.07) is 20.2. The van der Waals surface area contributed by atoms with E-state index in [0.29, 0.717) is 16.4 Å². The first-order valence-corrected chi connectivity index (χ1v) is 8.70. The van der Waals surface area contributed by atoms with Crippen LogP contribution in [0.15, 0.2) is 79.1 Å². The SMILES string of the molecule is O=C(Nc1ccc(Cl)cc1)c1cc(Nc2cccc3cccnc23)ccn1. The molecule has 2 heterocycles. The van der Waals surface area contributed by atoms with E-state index in [2.05, 4.69) is 20.6 Å². The van der Waals surface area contributed by atoms with Gasteiger partial charge in [-0.05, 0) is 48.5 Å². The second-order valence-corrected chi connectivity index (χ2v) is 6.33. The van der Waals surface area contributed by atoms with Crippen LogP contribution in [0.1, 0.15) is 10.5 Å². The van der Waals surface area contributed by atoms with E-state index in [-0.39, 0.29) is 5.91 Å². The van der Waals surface area contributed by atoms with Crippen LogP contribution < -0.4 is 10.6 Å². The fourth-order valence-corrected chi connectivity index (χ4v) is 2.85. The third-order valence-corrected chi connectivity index (χ3v) is 4.26. The molecule has 27 heavy (non-hydrogen) atoms. The average molecular weight is 375 g/mol. The number of anilines is 3. The Hall–Kier alpha value is -3.44. The zero-order valence-corrected chi connectivity index (χ0v) is 14.9. The Kier molecular flexibility index (Phi) is 4.68. The third-order valence-electron chi connectivity index (χ3n) is 4.01. The minimum atomic E-state index is -0.294. The highest BCUT2D eigenvalue weighted by Gasteiger charge is 2.09. The summed E-state index contributed by atoms with van der Waals surface area (Å²) in [7, 11) is 0. The third kappa shape index (κ3) is 3.88. The topological polar surface area (TPSA) is 66.9 Å². The molecule has 0 fully saturated rings. The zero-order chi connectivity index (χ0) is 18.6. The van der Waals surface area contributed by atoms with E-state index in [0.717, 1.165) is 22.3 Å². The van der Waals surface area contributed by atoms with Gasteiger partial charge in [-0.15, -0.1) is 0 Å². The highest BCUT2D eigenvalue weighted by atomic mass is 35.5. The monoisotopic (exact) mass is 374 g/mol. The van der Waals surface area contributed by atoms with Gasteiger partial charge in [-0.25, -0.2) is 0 Å². The van der Waals surface area contributed by atoms with Crippen molar-refractivity contribution in [1.82, 2.24) is 9.97 Å². The van der Waals surface area contributed by atoms with Crippen molar-refractivity contribution in [3.8, 4) is 0 Å². The van der Waals surface area contributed by atoms with Crippen molar-refractivity contribution in [2.45, 2.75) is 0 Å². The molecule has 0 bridgehead atoms. The smallest absolute Gasteiger partial charge is 0.274 e. The maximum Gasteiger partial charge on any atom is 0.274 e. The number of rotatable bonds is 4. The number of pyridine rings is 2. The van der Waals surface area contributed by atoms with E-state index >= 15 is 0 Å². The quantitative estimate of drug-likeness (QED) is 0.510. The first kappa shape index (κ1) is 17.0. The summed E-state index contributed by atoms with van der Waals surface area (Å²) in [5.74, 6) is -0.294. The Morgan fingerprint density at radius 3 is 2.52 bits per heavy atom. The minimum Gasteiger partial charge on any atom is -0.354 e. The largest absolute Gasteiger partial charge is 0.354 e. The fraction of sp³-hybridized carbons (Fsp3) is 0. The molecule has 132 valence electrons. The number of carbonyl (C=O) groups excluding carboxylic acids is 1. The molecular formula is C21H15ClN4O. The van der Waals surface area contributed by atoms with Gasteiger partial charge in [0.25, 0.3) is 5.91 Å². The van der Waals surface area contributed by atoms with Crippen LogP contribution >= 0.6 is 11.6 Å². The molecule has 2 aromatic heterocycles. The molecule has 0 aliphatic carbocycles. The molecule has 0 spiro atoms. The molecule has 0 unspecified atom stereocenters. The zero-order valence-electron chi connectivity index (χ0n) is 14.2. The lowest BCUT2D eigenvalue weighted by molar-refractivity contribution is 0.102. The lowest BCUT2D eigenvalue weighted by atomic mass is 10.2. The van der Waals surface area contributed by atoms with Crippen molar-refractivity contribution in [2.24, 2.45) is 0 Å². The van der Waals surface area contributed by atoms with Gasteiger partial charge in [-0.3, -0.25) is 14.8 Å². The molecular weight excluding hydrogens is 360 g/mol. The number of amides is 1. The summed E-state index contributed by atoms with van der Waals surface area (Å²) in [6.07, 6.45) is 3.35. The maximum atomic E-state index is 12.5. The van der Waals surface area contributed by atoms with Gasteiger partial charge in [0.2, 0.25) is 0 Å². The van der Waals surface area contributed by atoms with Crippen LogP contribution in [0, 0.1) is 0 Å². The number of nitrogens with one attached hydrogen (secondary N) is 2. The van der Waals surface area contributed by atoms with Crippen molar-refractivity contribution >= 4 is 45.5 Å². The first-order valence-electron chi connectivity index (χ1n) is 8.33. The molecule has 0 atom stereocenters. The normalized spacial score (nSPS) is 10.6. The van der Waals surface area contributed by atoms with Crippen molar-refractivity contribution in [1.29, 1.82) is 0 Å². The van der Waals surface area contributed by atoms with Gasteiger partial charge in [0.05, 0.1) is 11.2 Å². The van der Waals surface area contributed by atoms with Crippen LogP contribution in [0.4, 0.5) is 17.1 Å². The number of para-hydroxylation sites is 1. The number of hydrogen-bond donors (Lipinski definition) is 2. The molecule has 4 aromatic rings. The highest BCUT2D eigenvalue weighted by Crippen LogP contribution is 2.24. The fourth-order valence-electron chi connectivity index (χ4n) is 2.72. The molecule has 4 rings (SSSR count). The van der Waals surface area contributed by atoms with Gasteiger partial charge in [-0.2, -0.15) is 0 Å². The van der Waals surface area contributed by atoms with E-state index < -0.39 is 0 Å². The van der Waals surface area contributed by atoms with E-state index in [4.69, 9.17) is 11.6 Å². The Bertz CT molecular complexity index is 1110. The lowest BCUT2D eigenvalue weighted by Crippen LogP contribution is -2.13. The molecule has 0 aliphatic rings. The number of nitrogens with zero attached hydrogens (tertiary/aromatic N) is 2. The van der Waals surface area contributed by atoms with Crippen LogP contribution in [0.3, 0.4) is 0 Å². The molecule has 2 aromatic carbocycles. The Balaban J connectivity index is 1.57. The second-order valence-electron chi connectivity index (χ2n) is 5.90. The lowest BCUT2D eigenvalue weighted by Gasteiger charge is -2.10. The Morgan fingerprint density at radius 2 is 1.67 bits per heavy atom. The number of fused-ring (bicyclic) bond motifs is 1. The van der Waals surface area contributed by atoms with E-state index in [1.165, 1.54) is 0 Å². The summed E-state index contributed by atoms with van der Waals surface area (Å²) in [6.45, 7) is 0. The van der Waals surface area contributed by atoms with E-state index in [1.807, 2.05) is 30.3 Å². The predicted molar refractivity (Wildman–Crippen MR) is 109 cm³/mol. The molecule has 5 nitrogen and oxygen atoms in total. The molecule has 0 aliphatic heterocycles. The van der Waals surface area contributed by atoms with Crippen molar-refractivity contribution in [3.05, 3.63) is 89.8 Å². The van der Waals surface area contributed by atoms with E-state index in [9.17, 15) is 4.79 Å². The van der Waals surface area contributed by atoms with Gasteiger partial charge >= 0.3 is 0 Å². The first-order chi connectivity index (χ1) is 13.2. The summed E-state index contributed by atoms with van der Waals surface area (Å²) < 4.78 is 0. The summed E-state index contributed by atoms with van der Waals surface area (Å²) >= 11 is 5.87. The number of benzene rings is 2. The second kappa shape index (κ2) is 7.43. The van der Waals surface area contributed by atoms with Crippen LogP contribution in [-0.4, -0.2) is 15.9 Å². The number of carbonyl (C=O) groups is 1. The van der Waals surface area contributed by atoms with Crippen LogP contribution in [0.25, 0.3) is 10.9 Å². The molecule has 1 amide bonds. The summed E-state index contributed by atoms with van der Waals surface area (Å²) in [5, 5.41) is 7.77. The van der Waals surface area contributed by atoms with Crippen molar-refractivity contribution in [2.75, 3.05) is 10.6 Å². The Morgan fingerprint density at radius 1 is 0.852 bits per heavy atom. The minimum absolute atomic E-state index is 0.294. The summed E-state index contributed by atoms with van der Waals surface area (Å²) in [5.41, 5.74) is 3.45. The molecule has 2 N–H and O–H groups in total. The van der Waals surface area contributed by atoms with E-state index in [1.54, 1.807) is 48.8 Å². The van der Waals surface area contributed by atoms with Gasteiger partial charge in [0.15, 0.2) is 0 Å². The predicted octanol–water partition coefficient (Wildman–Crippen LogP) is 5.28. The van der Waals surface area contributed by atoms with Gasteiger partial charge < -0.3 is 10.6 Å². The summed E-state index contributed by atoms with van der Waals surface area (Å²) in [4.78, 5) is 21.1. The van der Waals surface area contributed by atoms with Crippen molar-refractivity contribution in [3.63, 3.8) is 0 Å². The molecule has 0 saturated carbocycles. The van der Waals surface area contributed by atoms with Crippen LogP contribution in [0.2, 0.25) is 5.02 Å². The number of halogens is 1. The maximum absolute atomic E-state index is 12.5. The molecule has 6 heteroatoms. The highest BCUT2D eigenvalue weighted by molar-refractivity contribution is 6.30. The van der Waals surface area contributed by atoms with Crippen LogP contribution in [0.5, 0.6) is 0 Å². The van der Waals surface area contributed by atoms with Crippen LogP contribution in [-0.2, 0) is 0 Å². The van der Waals surface area contributed by atoms with Crippen molar-refractivity contribution < 1.29 is 4.79 Å². The molecule has 0 saturated heterocycles. The van der Waals surface area contributed by atoms with Gasteiger partial charge in [-0.1, -0.05) is 29.8 Å². The van der Waals surface area contributed by atoms with Gasteiger partial charge in [0.1, 0.15) is 5.69 Å². The molecule has 0 radical (unpaired) electrons. The standard InChI is InChI=1S/C21H15ClN4O/c22-15-6-8-16(9-7-15)26-21(27)19-13-17(10-12-23-19)25-18-5-1-3-14-4-2-11-24-20(14)18/h1-13H,(H,23,25)(H,26,27). The van der Waals surface area contributed by atoms with Gasteiger partial charge in [0, 0.05) is 34.2 Å². The average Bonchev–Trinajstić information content (AvgIpc) is 2.70. The number of aromatic nitrogens is 2. The Labute approximate surface area is 161 Å².